The van der Waals surface area contributed by atoms with Crippen molar-refractivity contribution in [2.75, 3.05) is 0 Å². The van der Waals surface area contributed by atoms with Gasteiger partial charge in [0.25, 0.3) is 0 Å². The number of carboxylic acid groups (broad SMARTS) is 1. The van der Waals surface area contributed by atoms with E-state index in [4.69, 9.17) is 5.11 Å². The highest BCUT2D eigenvalue weighted by molar-refractivity contribution is 5.89. The highest BCUT2D eigenvalue weighted by Crippen LogP contribution is 2.32. The molecule has 0 bridgehead atoms. The van der Waals surface area contributed by atoms with E-state index in [0.29, 0.717) is 6.07 Å². The molecule has 0 amide bonds. The lowest BCUT2D eigenvalue weighted by atomic mass is 10.0. The summed E-state index contributed by atoms with van der Waals surface area (Å²) >= 11 is 0. The molecule has 0 atom stereocenters. The molecule has 1 aromatic heterocycles. The lowest BCUT2D eigenvalue weighted by Crippen LogP contribution is -2.08. The second-order valence-corrected chi connectivity index (χ2v) is 3.74. The number of benzene rings is 1. The smallest absolute Gasteiger partial charge is 0.416 e. The molecule has 100 valence electrons. The molecule has 0 saturated heterocycles. The number of hydrogen-bond acceptors (Lipinski definition) is 4. The Labute approximate surface area is 104 Å². The van der Waals surface area contributed by atoms with Gasteiger partial charge in [0.1, 0.15) is 0 Å². The Morgan fingerprint density at radius 2 is 2.00 bits per heavy atom. The van der Waals surface area contributed by atoms with Crippen LogP contribution in [0.15, 0.2) is 22.7 Å². The number of aromatic nitrogens is 2. The maximum Gasteiger partial charge on any atom is 0.416 e. The van der Waals surface area contributed by atoms with Crippen LogP contribution in [0, 0.1) is 6.92 Å². The summed E-state index contributed by atoms with van der Waals surface area (Å²) in [6.45, 7) is 1.47. The van der Waals surface area contributed by atoms with Crippen LogP contribution in [0.25, 0.3) is 11.4 Å². The van der Waals surface area contributed by atoms with Gasteiger partial charge in [-0.3, -0.25) is 0 Å². The molecule has 0 saturated carbocycles. The van der Waals surface area contributed by atoms with Crippen LogP contribution < -0.4 is 0 Å². The third-order valence-electron chi connectivity index (χ3n) is 2.29. The van der Waals surface area contributed by atoms with E-state index < -0.39 is 23.3 Å². The van der Waals surface area contributed by atoms with Crippen LogP contribution in [0.2, 0.25) is 0 Å². The van der Waals surface area contributed by atoms with Crippen molar-refractivity contribution in [3.8, 4) is 11.4 Å². The molecule has 5 nitrogen and oxygen atoms in total. The molecule has 2 aromatic rings. The average Bonchev–Trinajstić information content (AvgIpc) is 2.74. The number of rotatable bonds is 2. The van der Waals surface area contributed by atoms with Crippen LogP contribution in [-0.4, -0.2) is 21.2 Å². The van der Waals surface area contributed by atoms with E-state index in [1.807, 2.05) is 0 Å². The molecule has 1 aromatic carbocycles. The van der Waals surface area contributed by atoms with Gasteiger partial charge in [-0.25, -0.2) is 4.79 Å². The standard InChI is InChI=1S/C11H7F3N2O3/c1-5-15-9(16-19-5)6-2-7(10(17)18)4-8(3-6)11(12,13)14/h2-4H,1H3,(H,17,18). The molecule has 0 spiro atoms. The zero-order valence-corrected chi connectivity index (χ0v) is 9.52. The van der Waals surface area contributed by atoms with Crippen LogP contribution in [0.4, 0.5) is 13.2 Å². The Bertz CT molecular complexity index is 634. The Kier molecular flexibility index (Phi) is 3.01. The first kappa shape index (κ1) is 13.1. The first-order valence-electron chi connectivity index (χ1n) is 5.03. The minimum atomic E-state index is -4.65. The van der Waals surface area contributed by atoms with Gasteiger partial charge in [0.05, 0.1) is 11.1 Å². The fourth-order valence-electron chi connectivity index (χ4n) is 1.46. The van der Waals surface area contributed by atoms with Crippen LogP contribution in [-0.2, 0) is 6.18 Å². The van der Waals surface area contributed by atoms with E-state index in [2.05, 4.69) is 14.7 Å². The molecular weight excluding hydrogens is 265 g/mol. The number of aromatic carboxylic acids is 1. The third kappa shape index (κ3) is 2.72. The van der Waals surface area contributed by atoms with E-state index in [9.17, 15) is 18.0 Å². The van der Waals surface area contributed by atoms with Gasteiger partial charge < -0.3 is 9.63 Å². The molecule has 0 radical (unpaired) electrons. The number of halogens is 3. The van der Waals surface area contributed by atoms with Crippen molar-refractivity contribution in [1.82, 2.24) is 10.1 Å². The van der Waals surface area contributed by atoms with Crippen molar-refractivity contribution >= 4 is 5.97 Å². The quantitative estimate of drug-likeness (QED) is 0.909. The Morgan fingerprint density at radius 3 is 2.47 bits per heavy atom. The summed E-state index contributed by atoms with van der Waals surface area (Å²) in [6, 6.07) is 2.39. The number of hydrogen-bond donors (Lipinski definition) is 1. The zero-order valence-electron chi connectivity index (χ0n) is 9.52. The van der Waals surface area contributed by atoms with Gasteiger partial charge >= 0.3 is 12.1 Å². The maximum atomic E-state index is 12.7. The van der Waals surface area contributed by atoms with Crippen LogP contribution in [0.5, 0.6) is 0 Å². The van der Waals surface area contributed by atoms with Crippen LogP contribution >= 0.6 is 0 Å². The lowest BCUT2D eigenvalue weighted by Gasteiger charge is -2.08. The van der Waals surface area contributed by atoms with Crippen LogP contribution in [0.1, 0.15) is 21.8 Å². The van der Waals surface area contributed by atoms with Crippen molar-refractivity contribution in [2.45, 2.75) is 13.1 Å². The second kappa shape index (κ2) is 4.38. The summed E-state index contributed by atoms with van der Waals surface area (Å²) in [4.78, 5) is 14.6. The van der Waals surface area contributed by atoms with Crippen LogP contribution in [0.3, 0.4) is 0 Å². The van der Waals surface area contributed by atoms with E-state index in [1.165, 1.54) is 6.92 Å². The molecule has 1 N–H and O–H groups in total. The number of carboxylic acids is 1. The Balaban J connectivity index is 2.61. The van der Waals surface area contributed by atoms with E-state index in [0.717, 1.165) is 12.1 Å². The predicted octanol–water partition coefficient (Wildman–Crippen LogP) is 2.76. The monoisotopic (exact) mass is 272 g/mol. The number of nitrogens with zero attached hydrogens (tertiary/aromatic N) is 2. The molecule has 0 aliphatic carbocycles. The van der Waals surface area contributed by atoms with Gasteiger partial charge in [-0.1, -0.05) is 5.16 Å². The summed E-state index contributed by atoms with van der Waals surface area (Å²) in [5.74, 6) is -1.39. The zero-order chi connectivity index (χ0) is 14.2. The molecule has 0 fully saturated rings. The Morgan fingerprint density at radius 1 is 1.32 bits per heavy atom. The number of aryl methyl sites for hydroxylation is 1. The number of carbonyl (C=O) groups is 1. The minimum absolute atomic E-state index is 0.0657. The van der Waals surface area contributed by atoms with E-state index in [-0.39, 0.29) is 17.3 Å². The van der Waals surface area contributed by atoms with Crippen molar-refractivity contribution < 1.29 is 27.6 Å². The first-order chi connectivity index (χ1) is 8.77. The normalized spacial score (nSPS) is 11.6. The molecular formula is C11H7F3N2O3. The van der Waals surface area contributed by atoms with E-state index >= 15 is 0 Å². The summed E-state index contributed by atoms with van der Waals surface area (Å²) < 4.78 is 42.7. The van der Waals surface area contributed by atoms with Crippen molar-refractivity contribution in [1.29, 1.82) is 0 Å². The van der Waals surface area contributed by atoms with Gasteiger partial charge in [-0.2, -0.15) is 18.2 Å². The molecule has 0 aliphatic heterocycles. The van der Waals surface area contributed by atoms with Gasteiger partial charge in [-0.05, 0) is 18.2 Å². The molecule has 1 heterocycles. The van der Waals surface area contributed by atoms with Gasteiger partial charge in [-0.15, -0.1) is 0 Å². The Hall–Kier alpha value is -2.38. The lowest BCUT2D eigenvalue weighted by molar-refractivity contribution is -0.137. The fourth-order valence-corrected chi connectivity index (χ4v) is 1.46. The maximum absolute atomic E-state index is 12.7. The topological polar surface area (TPSA) is 76.2 Å². The van der Waals surface area contributed by atoms with Crippen molar-refractivity contribution in [2.24, 2.45) is 0 Å². The average molecular weight is 272 g/mol. The number of alkyl halides is 3. The summed E-state index contributed by atoms with van der Waals surface area (Å²) in [5.41, 5.74) is -1.64. The molecule has 19 heavy (non-hydrogen) atoms. The summed E-state index contributed by atoms with van der Waals surface area (Å²) in [7, 11) is 0. The first-order valence-corrected chi connectivity index (χ1v) is 5.03. The molecule has 0 unspecified atom stereocenters. The van der Waals surface area contributed by atoms with Gasteiger partial charge in [0.15, 0.2) is 0 Å². The largest absolute Gasteiger partial charge is 0.478 e. The molecule has 0 aliphatic rings. The second-order valence-electron chi connectivity index (χ2n) is 3.74. The predicted molar refractivity (Wildman–Crippen MR) is 56.4 cm³/mol. The SMILES string of the molecule is Cc1nc(-c2cc(C(=O)O)cc(C(F)(F)F)c2)no1. The van der Waals surface area contributed by atoms with Gasteiger partial charge in [0, 0.05) is 12.5 Å². The highest BCUT2D eigenvalue weighted by atomic mass is 19.4. The summed E-state index contributed by atoms with van der Waals surface area (Å²) in [5, 5.41) is 12.3. The fraction of sp³-hybridized carbons (Fsp3) is 0.182. The summed E-state index contributed by atoms with van der Waals surface area (Å²) in [6.07, 6.45) is -4.65. The molecule has 2 rings (SSSR count). The molecule has 8 heteroatoms. The van der Waals surface area contributed by atoms with Crippen molar-refractivity contribution in [3.63, 3.8) is 0 Å². The highest BCUT2D eigenvalue weighted by Gasteiger charge is 2.32. The van der Waals surface area contributed by atoms with E-state index in [1.54, 1.807) is 0 Å². The van der Waals surface area contributed by atoms with Gasteiger partial charge in [0.2, 0.25) is 11.7 Å². The third-order valence-corrected chi connectivity index (χ3v) is 2.29. The minimum Gasteiger partial charge on any atom is -0.478 e. The van der Waals surface area contributed by atoms with Crippen molar-refractivity contribution in [3.05, 3.63) is 35.2 Å².